The van der Waals surface area contributed by atoms with E-state index in [0.717, 1.165) is 4.90 Å². The zero-order valence-corrected chi connectivity index (χ0v) is 17.9. The number of amides is 1. The summed E-state index contributed by atoms with van der Waals surface area (Å²) >= 11 is 5.84. The number of Topliss-reactive ketones (excluding diaryl/α,β-unsaturated/α-hetero) is 1. The molecule has 0 bridgehead atoms. The van der Waals surface area contributed by atoms with Gasteiger partial charge in [-0.05, 0) is 51.7 Å². The van der Waals surface area contributed by atoms with Crippen molar-refractivity contribution in [3.05, 3.63) is 34.6 Å². The second-order valence-electron chi connectivity index (χ2n) is 8.76. The van der Waals surface area contributed by atoms with Crippen LogP contribution in [0.3, 0.4) is 0 Å². The summed E-state index contributed by atoms with van der Waals surface area (Å²) in [6.07, 6.45) is -0.938. The van der Waals surface area contributed by atoms with Crippen molar-refractivity contribution in [3.8, 4) is 0 Å². The van der Waals surface area contributed by atoms with Gasteiger partial charge in [0.05, 0.1) is 17.6 Å². The maximum atomic E-state index is 14.7. The predicted octanol–water partition coefficient (Wildman–Crippen LogP) is 4.64. The summed E-state index contributed by atoms with van der Waals surface area (Å²) in [5, 5.41) is 9.30. The predicted molar refractivity (Wildman–Crippen MR) is 106 cm³/mol. The number of rotatable bonds is 6. The van der Waals surface area contributed by atoms with Crippen LogP contribution >= 0.6 is 11.6 Å². The number of nitrogens with zero attached hydrogens (tertiary/aromatic N) is 1. The molecule has 5 nitrogen and oxygen atoms in total. The van der Waals surface area contributed by atoms with E-state index < -0.39 is 40.9 Å². The second kappa shape index (κ2) is 8.96. The molecule has 1 aromatic carbocycles. The van der Waals surface area contributed by atoms with Gasteiger partial charge in [-0.1, -0.05) is 23.7 Å². The zero-order valence-electron chi connectivity index (χ0n) is 17.2. The number of carbonyl (C=O) groups is 2. The minimum atomic E-state index is -1.73. The average Bonchev–Trinajstić information content (AvgIpc) is 2.91. The summed E-state index contributed by atoms with van der Waals surface area (Å²) in [4.78, 5) is 26.6. The molecule has 1 aromatic rings. The van der Waals surface area contributed by atoms with Gasteiger partial charge in [0.1, 0.15) is 17.1 Å². The first-order chi connectivity index (χ1) is 13.3. The Kier molecular flexibility index (Phi) is 7.28. The fourth-order valence-electron chi connectivity index (χ4n) is 3.58. The SMILES string of the molecule is CC(C)(C)OC(=O)N1C[C@](C)(F)C[C@H]1C(=O)C[C@H](CCO)c1cccc(Cl)c1F. The van der Waals surface area contributed by atoms with Crippen LogP contribution in [0, 0.1) is 5.82 Å². The Morgan fingerprint density at radius 2 is 2.07 bits per heavy atom. The van der Waals surface area contributed by atoms with Gasteiger partial charge < -0.3 is 9.84 Å². The largest absolute Gasteiger partial charge is 0.444 e. The quantitative estimate of drug-likeness (QED) is 0.712. The Hall–Kier alpha value is -1.73. The summed E-state index contributed by atoms with van der Waals surface area (Å²) < 4.78 is 34.4. The van der Waals surface area contributed by atoms with E-state index in [9.17, 15) is 23.5 Å². The summed E-state index contributed by atoms with van der Waals surface area (Å²) in [6.45, 7) is 5.88. The van der Waals surface area contributed by atoms with Gasteiger partial charge >= 0.3 is 6.09 Å². The Morgan fingerprint density at radius 3 is 2.66 bits per heavy atom. The highest BCUT2D eigenvalue weighted by molar-refractivity contribution is 6.30. The summed E-state index contributed by atoms with van der Waals surface area (Å²) in [5.74, 6) is -1.70. The van der Waals surface area contributed by atoms with Crippen LogP contribution < -0.4 is 0 Å². The highest BCUT2D eigenvalue weighted by Crippen LogP contribution is 2.35. The number of ketones is 1. The van der Waals surface area contributed by atoms with Gasteiger partial charge in [0.25, 0.3) is 0 Å². The highest BCUT2D eigenvalue weighted by Gasteiger charge is 2.48. The van der Waals surface area contributed by atoms with E-state index in [1.165, 1.54) is 19.1 Å². The maximum absolute atomic E-state index is 14.7. The van der Waals surface area contributed by atoms with Gasteiger partial charge in [-0.25, -0.2) is 13.6 Å². The standard InChI is InChI=1S/C21H28ClF2NO4/c1-20(2,3)29-19(28)25-12-21(4,24)11-16(25)17(27)10-13(8-9-26)14-6-5-7-15(22)18(14)23/h5-7,13,16,26H,8-12H2,1-4H3/t13-,16-,21+/m0/s1. The minimum absolute atomic E-state index is 0.0783. The number of alkyl halides is 1. The molecule has 0 aliphatic carbocycles. The van der Waals surface area contributed by atoms with Crippen molar-refractivity contribution in [1.29, 1.82) is 0 Å². The maximum Gasteiger partial charge on any atom is 0.411 e. The van der Waals surface area contributed by atoms with Crippen molar-refractivity contribution in [1.82, 2.24) is 4.90 Å². The normalized spacial score (nSPS) is 23.2. The molecule has 8 heteroatoms. The molecular weight excluding hydrogens is 404 g/mol. The minimum Gasteiger partial charge on any atom is -0.444 e. The molecule has 1 aliphatic rings. The average molecular weight is 432 g/mol. The van der Waals surface area contributed by atoms with E-state index in [1.54, 1.807) is 26.8 Å². The lowest BCUT2D eigenvalue weighted by atomic mass is 9.87. The summed E-state index contributed by atoms with van der Waals surface area (Å²) in [6, 6.07) is 3.46. The third kappa shape index (κ3) is 6.12. The first-order valence-corrected chi connectivity index (χ1v) is 9.98. The molecular formula is C21H28ClF2NO4. The topological polar surface area (TPSA) is 66.8 Å². The van der Waals surface area contributed by atoms with E-state index in [-0.39, 0.29) is 43.0 Å². The van der Waals surface area contributed by atoms with Crippen molar-refractivity contribution in [2.24, 2.45) is 0 Å². The van der Waals surface area contributed by atoms with Crippen LogP contribution in [0.1, 0.15) is 58.4 Å². The number of hydrogen-bond donors (Lipinski definition) is 1. The smallest absolute Gasteiger partial charge is 0.411 e. The van der Waals surface area contributed by atoms with Gasteiger partial charge in [-0.15, -0.1) is 0 Å². The Bertz CT molecular complexity index is 764. The molecule has 1 amide bonds. The lowest BCUT2D eigenvalue weighted by Gasteiger charge is -2.28. The first-order valence-electron chi connectivity index (χ1n) is 9.60. The van der Waals surface area contributed by atoms with Crippen LogP contribution in [0.5, 0.6) is 0 Å². The molecule has 1 saturated heterocycles. The molecule has 0 unspecified atom stereocenters. The number of ether oxygens (including phenoxy) is 1. The molecule has 2 rings (SSSR count). The van der Waals surface area contributed by atoms with Gasteiger partial charge in [-0.3, -0.25) is 9.69 Å². The molecule has 1 heterocycles. The Labute approximate surface area is 175 Å². The fraction of sp³-hybridized carbons (Fsp3) is 0.619. The number of aliphatic hydroxyl groups is 1. The number of carbonyl (C=O) groups excluding carboxylic acids is 2. The molecule has 29 heavy (non-hydrogen) atoms. The van der Waals surface area contributed by atoms with Gasteiger partial charge in [0.15, 0.2) is 5.78 Å². The van der Waals surface area contributed by atoms with Gasteiger partial charge in [-0.2, -0.15) is 0 Å². The van der Waals surface area contributed by atoms with Crippen LogP contribution in [-0.2, 0) is 9.53 Å². The van der Waals surface area contributed by atoms with Crippen molar-refractivity contribution >= 4 is 23.5 Å². The number of hydrogen-bond acceptors (Lipinski definition) is 4. The number of halogens is 3. The molecule has 1 fully saturated rings. The molecule has 162 valence electrons. The summed E-state index contributed by atoms with van der Waals surface area (Å²) in [7, 11) is 0. The zero-order chi connectivity index (χ0) is 22.0. The lowest BCUT2D eigenvalue weighted by Crippen LogP contribution is -2.44. The molecule has 3 atom stereocenters. The number of benzene rings is 1. The van der Waals surface area contributed by atoms with E-state index in [2.05, 4.69) is 0 Å². The Balaban J connectivity index is 2.24. The van der Waals surface area contributed by atoms with E-state index in [1.807, 2.05) is 0 Å². The summed E-state index contributed by atoms with van der Waals surface area (Å²) in [5.41, 5.74) is -2.31. The number of aliphatic hydroxyl groups excluding tert-OH is 1. The molecule has 1 aliphatic heterocycles. The van der Waals surface area contributed by atoms with Gasteiger partial charge in [0, 0.05) is 19.4 Å². The molecule has 0 aromatic heterocycles. The highest BCUT2D eigenvalue weighted by atomic mass is 35.5. The molecule has 0 spiro atoms. The van der Waals surface area contributed by atoms with Crippen LogP contribution in [0.2, 0.25) is 5.02 Å². The third-order valence-corrected chi connectivity index (χ3v) is 5.13. The lowest BCUT2D eigenvalue weighted by molar-refractivity contribution is -0.123. The van der Waals surface area contributed by atoms with Crippen LogP contribution in [0.25, 0.3) is 0 Å². The van der Waals surface area contributed by atoms with E-state index >= 15 is 0 Å². The van der Waals surface area contributed by atoms with E-state index in [0.29, 0.717) is 0 Å². The third-order valence-electron chi connectivity index (χ3n) is 4.84. The Morgan fingerprint density at radius 1 is 1.41 bits per heavy atom. The molecule has 1 N–H and O–H groups in total. The first kappa shape index (κ1) is 23.5. The van der Waals surface area contributed by atoms with Crippen LogP contribution in [0.4, 0.5) is 13.6 Å². The second-order valence-corrected chi connectivity index (χ2v) is 9.17. The van der Waals surface area contributed by atoms with Crippen LogP contribution in [0.15, 0.2) is 18.2 Å². The fourth-order valence-corrected chi connectivity index (χ4v) is 3.76. The molecule has 0 radical (unpaired) electrons. The van der Waals surface area contributed by atoms with Crippen molar-refractivity contribution in [2.45, 2.75) is 70.2 Å². The van der Waals surface area contributed by atoms with Crippen molar-refractivity contribution in [2.75, 3.05) is 13.2 Å². The number of likely N-dealkylation sites (tertiary alicyclic amines) is 1. The van der Waals surface area contributed by atoms with Crippen LogP contribution in [-0.4, -0.2) is 52.3 Å². The van der Waals surface area contributed by atoms with Crippen molar-refractivity contribution < 1.29 is 28.2 Å². The molecule has 0 saturated carbocycles. The monoisotopic (exact) mass is 431 g/mol. The van der Waals surface area contributed by atoms with Crippen molar-refractivity contribution in [3.63, 3.8) is 0 Å². The van der Waals surface area contributed by atoms with E-state index in [4.69, 9.17) is 16.3 Å². The van der Waals surface area contributed by atoms with Gasteiger partial charge in [0.2, 0.25) is 0 Å².